The normalized spacial score (nSPS) is 10.5. The van der Waals surface area contributed by atoms with Crippen molar-refractivity contribution >= 4 is 29.2 Å². The fraction of sp³-hybridized carbons (Fsp3) is 0.391. The molecular formula is C23H33FN2S. The number of aromatic amines is 1. The zero-order chi connectivity index (χ0) is 20.4. The monoisotopic (exact) mass is 388 g/mol. The van der Waals surface area contributed by atoms with Crippen molar-refractivity contribution in [3.63, 3.8) is 0 Å². The van der Waals surface area contributed by atoms with Gasteiger partial charge < -0.3 is 10.3 Å². The second-order valence-corrected chi connectivity index (χ2v) is 5.98. The first-order valence-electron chi connectivity index (χ1n) is 9.65. The minimum atomic E-state index is -0.189. The lowest BCUT2D eigenvalue weighted by molar-refractivity contribution is 0.481. The third kappa shape index (κ3) is 4.49. The van der Waals surface area contributed by atoms with Gasteiger partial charge in [-0.15, -0.1) is 0 Å². The summed E-state index contributed by atoms with van der Waals surface area (Å²) in [5.74, 6) is -0.189. The first kappa shape index (κ1) is 23.1. The molecule has 0 unspecified atom stereocenters. The fourth-order valence-electron chi connectivity index (χ4n) is 3.72. The minimum Gasteiger partial charge on any atom is -0.386 e. The van der Waals surface area contributed by atoms with Gasteiger partial charge in [0.25, 0.3) is 0 Å². The van der Waals surface area contributed by atoms with Gasteiger partial charge in [-0.1, -0.05) is 52.0 Å². The molecule has 3 aromatic rings. The third-order valence-corrected chi connectivity index (χ3v) is 5.10. The zero-order valence-electron chi connectivity index (χ0n) is 17.4. The number of fused-ring (bicyclic) bond motifs is 1. The molecule has 0 amide bonds. The number of rotatable bonds is 5. The fourth-order valence-corrected chi connectivity index (χ4v) is 3.72. The van der Waals surface area contributed by atoms with Crippen LogP contribution in [0.1, 0.15) is 51.7 Å². The molecule has 0 radical (unpaired) electrons. The van der Waals surface area contributed by atoms with E-state index in [-0.39, 0.29) is 11.2 Å². The van der Waals surface area contributed by atoms with Crippen LogP contribution < -0.4 is 5.32 Å². The number of nitrogens with one attached hydrogen (secondary N) is 2. The Bertz CT molecular complexity index is 805. The highest BCUT2D eigenvalue weighted by molar-refractivity contribution is 7.79. The number of para-hydroxylation sites is 1. The van der Waals surface area contributed by atoms with Crippen LogP contribution in [0.3, 0.4) is 0 Å². The highest BCUT2D eigenvalue weighted by Gasteiger charge is 2.33. The van der Waals surface area contributed by atoms with Crippen molar-refractivity contribution in [3.8, 4) is 0 Å². The number of aromatic nitrogens is 1. The molecule has 0 aliphatic heterocycles. The molecule has 0 bridgehead atoms. The summed E-state index contributed by atoms with van der Waals surface area (Å²) in [4.78, 5) is 3.43. The van der Waals surface area contributed by atoms with Crippen LogP contribution >= 0.6 is 12.6 Å². The van der Waals surface area contributed by atoms with Gasteiger partial charge in [-0.3, -0.25) is 0 Å². The maximum atomic E-state index is 13.4. The van der Waals surface area contributed by atoms with Crippen LogP contribution in [0.25, 0.3) is 10.9 Å². The van der Waals surface area contributed by atoms with Crippen molar-refractivity contribution in [1.82, 2.24) is 4.98 Å². The Kier molecular flexibility index (Phi) is 9.44. The number of hydrogen-bond donors (Lipinski definition) is 3. The van der Waals surface area contributed by atoms with E-state index in [4.69, 9.17) is 0 Å². The van der Waals surface area contributed by atoms with Crippen LogP contribution in [0, 0.1) is 5.82 Å². The number of halogens is 1. The predicted octanol–water partition coefficient (Wildman–Crippen LogP) is 7.03. The molecule has 148 valence electrons. The molecule has 2 aromatic carbocycles. The van der Waals surface area contributed by atoms with E-state index in [2.05, 4.69) is 61.2 Å². The SMILES string of the molecule is CC.CCC(CC)(c1ccc(F)cc1)c1c[nH]c2c(NC)cccc12.CS. The van der Waals surface area contributed by atoms with Crippen molar-refractivity contribution in [1.29, 1.82) is 0 Å². The molecule has 0 atom stereocenters. The summed E-state index contributed by atoms with van der Waals surface area (Å²) in [6, 6.07) is 13.3. The molecule has 0 aliphatic carbocycles. The lowest BCUT2D eigenvalue weighted by Crippen LogP contribution is -2.25. The van der Waals surface area contributed by atoms with E-state index in [1.165, 1.54) is 16.5 Å². The second kappa shape index (κ2) is 11.0. The van der Waals surface area contributed by atoms with Crippen LogP contribution in [0.2, 0.25) is 0 Å². The van der Waals surface area contributed by atoms with Crippen LogP contribution in [0.15, 0.2) is 48.7 Å². The van der Waals surface area contributed by atoms with Crippen LogP contribution in [-0.4, -0.2) is 18.3 Å². The average Bonchev–Trinajstić information content (AvgIpc) is 3.18. The molecule has 27 heavy (non-hydrogen) atoms. The summed E-state index contributed by atoms with van der Waals surface area (Å²) >= 11 is 3.53. The van der Waals surface area contributed by atoms with Gasteiger partial charge in [0.1, 0.15) is 5.82 Å². The Hall–Kier alpha value is -1.94. The number of hydrogen-bond acceptors (Lipinski definition) is 2. The molecule has 4 heteroatoms. The van der Waals surface area contributed by atoms with Crippen LogP contribution in [0.4, 0.5) is 10.1 Å². The Morgan fingerprint density at radius 3 is 2.11 bits per heavy atom. The van der Waals surface area contributed by atoms with Gasteiger partial charge in [-0.2, -0.15) is 12.6 Å². The topological polar surface area (TPSA) is 27.8 Å². The lowest BCUT2D eigenvalue weighted by Gasteiger charge is -2.32. The van der Waals surface area contributed by atoms with Gasteiger partial charge in [0.15, 0.2) is 0 Å². The number of H-pyrrole nitrogens is 1. The van der Waals surface area contributed by atoms with Crippen molar-refractivity contribution < 1.29 is 4.39 Å². The second-order valence-electron chi connectivity index (χ2n) is 5.98. The maximum Gasteiger partial charge on any atom is 0.123 e. The first-order chi connectivity index (χ1) is 13.2. The molecule has 0 spiro atoms. The quantitative estimate of drug-likeness (QED) is 0.402. The third-order valence-electron chi connectivity index (χ3n) is 5.10. The summed E-state index contributed by atoms with van der Waals surface area (Å²) in [6.07, 6.45) is 5.74. The van der Waals surface area contributed by atoms with E-state index in [9.17, 15) is 4.39 Å². The Balaban J connectivity index is 0.000000855. The Labute approximate surface area is 169 Å². The molecule has 1 aromatic heterocycles. The first-order valence-corrected chi connectivity index (χ1v) is 10.5. The molecule has 0 fully saturated rings. The standard InChI is InChI=1S/C20H23FN2.C2H6.CH4S/c1-4-20(5-2,14-9-11-15(21)12-10-14)17-13-23-19-16(17)7-6-8-18(19)22-3;2*1-2/h6-13,22-23H,4-5H2,1-3H3;1-2H3;2H,1H3. The molecule has 0 aliphatic rings. The number of thiol groups is 1. The summed E-state index contributed by atoms with van der Waals surface area (Å²) in [5, 5.41) is 4.46. The van der Waals surface area contributed by atoms with E-state index < -0.39 is 0 Å². The predicted molar refractivity (Wildman–Crippen MR) is 122 cm³/mol. The summed E-state index contributed by atoms with van der Waals surface area (Å²) in [6.45, 7) is 8.40. The van der Waals surface area contributed by atoms with Gasteiger partial charge in [-0.25, -0.2) is 4.39 Å². The van der Waals surface area contributed by atoms with Crippen molar-refractivity contribution in [2.45, 2.75) is 46.0 Å². The lowest BCUT2D eigenvalue weighted by atomic mass is 9.70. The smallest absolute Gasteiger partial charge is 0.123 e. The summed E-state index contributed by atoms with van der Waals surface area (Å²) in [5.41, 5.74) is 4.55. The van der Waals surface area contributed by atoms with Crippen LogP contribution in [-0.2, 0) is 5.41 Å². The number of anilines is 1. The van der Waals surface area contributed by atoms with E-state index in [1.54, 1.807) is 18.4 Å². The highest BCUT2D eigenvalue weighted by atomic mass is 32.1. The van der Waals surface area contributed by atoms with Crippen molar-refractivity contribution in [2.24, 2.45) is 0 Å². The van der Waals surface area contributed by atoms with Gasteiger partial charge in [-0.05, 0) is 48.4 Å². The molecule has 0 saturated carbocycles. The van der Waals surface area contributed by atoms with Gasteiger partial charge >= 0.3 is 0 Å². The molecule has 2 nitrogen and oxygen atoms in total. The van der Waals surface area contributed by atoms with E-state index in [0.717, 1.165) is 24.0 Å². The van der Waals surface area contributed by atoms with Gasteiger partial charge in [0.2, 0.25) is 0 Å². The summed E-state index contributed by atoms with van der Waals surface area (Å²) in [7, 11) is 1.93. The molecule has 0 saturated heterocycles. The van der Waals surface area contributed by atoms with Crippen molar-refractivity contribution in [3.05, 3.63) is 65.6 Å². The zero-order valence-corrected chi connectivity index (χ0v) is 18.3. The van der Waals surface area contributed by atoms with E-state index in [0.29, 0.717) is 0 Å². The number of benzene rings is 2. The average molecular weight is 389 g/mol. The molecular weight excluding hydrogens is 355 g/mol. The van der Waals surface area contributed by atoms with Gasteiger partial charge in [0, 0.05) is 24.0 Å². The Morgan fingerprint density at radius 1 is 1.00 bits per heavy atom. The molecule has 2 N–H and O–H groups in total. The maximum absolute atomic E-state index is 13.4. The Morgan fingerprint density at radius 2 is 1.59 bits per heavy atom. The van der Waals surface area contributed by atoms with Crippen LogP contribution in [0.5, 0.6) is 0 Å². The van der Waals surface area contributed by atoms with E-state index >= 15 is 0 Å². The highest BCUT2D eigenvalue weighted by Crippen LogP contribution is 2.43. The molecule has 1 heterocycles. The van der Waals surface area contributed by atoms with Gasteiger partial charge in [0.05, 0.1) is 11.2 Å². The molecule has 3 rings (SSSR count). The summed E-state index contributed by atoms with van der Waals surface area (Å²) < 4.78 is 13.4. The minimum absolute atomic E-state index is 0.113. The largest absolute Gasteiger partial charge is 0.386 e. The van der Waals surface area contributed by atoms with Crippen molar-refractivity contribution in [2.75, 3.05) is 18.6 Å². The van der Waals surface area contributed by atoms with E-state index in [1.807, 2.05) is 33.0 Å².